The number of carbonyl (C=O) groups is 5. The fraction of sp³-hybridized carbons (Fsp3) is 0.625. The van der Waals surface area contributed by atoms with E-state index >= 15 is 0 Å². The summed E-state index contributed by atoms with van der Waals surface area (Å²) in [6.45, 7) is 9.64. The minimum absolute atomic E-state index is 0.110. The van der Waals surface area contributed by atoms with Gasteiger partial charge >= 0.3 is 18.3 Å². The Bertz CT molecular complexity index is 1160. The zero-order chi connectivity index (χ0) is 35.2. The van der Waals surface area contributed by atoms with Gasteiger partial charge in [0.1, 0.15) is 5.60 Å². The molecular formula is C32H53N7O8. The lowest BCUT2D eigenvalue weighted by atomic mass is 10.1. The molecule has 0 fully saturated rings. The van der Waals surface area contributed by atoms with Crippen LogP contribution in [0.4, 0.5) is 14.4 Å². The third-order valence-electron chi connectivity index (χ3n) is 6.80. The molecule has 15 heteroatoms. The number of aliphatic imine (C=N–C) groups is 1. The molecule has 0 saturated carbocycles. The molecule has 0 saturated heterocycles. The number of amides is 5. The first-order chi connectivity index (χ1) is 22.2. The van der Waals surface area contributed by atoms with Crippen LogP contribution in [0.2, 0.25) is 0 Å². The summed E-state index contributed by atoms with van der Waals surface area (Å²) in [5.41, 5.74) is 6.06. The lowest BCUT2D eigenvalue weighted by Gasteiger charge is -2.26. The second-order valence-electron chi connectivity index (χ2n) is 12.3. The zero-order valence-corrected chi connectivity index (χ0v) is 28.1. The quantitative estimate of drug-likeness (QED) is 0.0675. The standard InChI is InChI=1S/C32H53N7O8/c1-24(36-29(42)43)17-21-38(23-25-14-8-7-9-15-25)19-13-11-18-34-27(41)22-35-26(40)16-10-5-6-12-20-39(28(33)37-30(44)45)31(46)47-32(2,3)4/h7-9,14-15,24,36H,5-6,10-13,16-23H2,1-4H3,(H2,33,37)(H,34,41)(H,35,40)(H,42,43)(H,44,45)/t24-/m1/s1. The average molecular weight is 664 g/mol. The van der Waals surface area contributed by atoms with Gasteiger partial charge in [-0.2, -0.15) is 0 Å². The minimum Gasteiger partial charge on any atom is -0.465 e. The van der Waals surface area contributed by atoms with E-state index in [0.717, 1.165) is 37.4 Å². The van der Waals surface area contributed by atoms with Crippen molar-refractivity contribution in [2.45, 2.75) is 97.2 Å². The van der Waals surface area contributed by atoms with Gasteiger partial charge < -0.3 is 36.6 Å². The predicted molar refractivity (Wildman–Crippen MR) is 178 cm³/mol. The molecule has 0 radical (unpaired) electrons. The second kappa shape index (κ2) is 22.2. The highest BCUT2D eigenvalue weighted by molar-refractivity contribution is 5.97. The molecule has 0 aliphatic heterocycles. The maximum absolute atomic E-state index is 12.4. The van der Waals surface area contributed by atoms with Crippen molar-refractivity contribution >= 4 is 36.1 Å². The summed E-state index contributed by atoms with van der Waals surface area (Å²) in [5, 5.41) is 25.7. The average Bonchev–Trinajstić information content (AvgIpc) is 2.96. The van der Waals surface area contributed by atoms with E-state index < -0.39 is 29.8 Å². The number of carboxylic acid groups (broad SMARTS) is 2. The molecule has 1 rings (SSSR count). The Morgan fingerprint density at radius 3 is 2.19 bits per heavy atom. The number of guanidine groups is 1. The summed E-state index contributed by atoms with van der Waals surface area (Å²) in [6, 6.07) is 9.90. The Hall–Kier alpha value is -4.40. The van der Waals surface area contributed by atoms with E-state index in [1.807, 2.05) is 25.1 Å². The van der Waals surface area contributed by atoms with Gasteiger partial charge in [0.25, 0.3) is 0 Å². The third kappa shape index (κ3) is 21.1. The van der Waals surface area contributed by atoms with Crippen LogP contribution in [0, 0.1) is 0 Å². The van der Waals surface area contributed by atoms with Crippen molar-refractivity contribution in [2.75, 3.05) is 32.7 Å². The second-order valence-corrected chi connectivity index (χ2v) is 12.3. The van der Waals surface area contributed by atoms with E-state index in [0.29, 0.717) is 38.6 Å². The van der Waals surface area contributed by atoms with E-state index in [1.165, 1.54) is 5.56 Å². The van der Waals surface area contributed by atoms with Gasteiger partial charge in [0.15, 0.2) is 0 Å². The first-order valence-electron chi connectivity index (χ1n) is 16.0. The van der Waals surface area contributed by atoms with Crippen molar-refractivity contribution in [2.24, 2.45) is 10.7 Å². The predicted octanol–water partition coefficient (Wildman–Crippen LogP) is 3.73. The number of benzene rings is 1. The van der Waals surface area contributed by atoms with Crippen molar-refractivity contribution in [3.8, 4) is 0 Å². The number of carbonyl (C=O) groups excluding carboxylic acids is 3. The topological polar surface area (TPSA) is 216 Å². The van der Waals surface area contributed by atoms with Gasteiger partial charge in [0.2, 0.25) is 17.8 Å². The smallest absolute Gasteiger partial charge is 0.434 e. The van der Waals surface area contributed by atoms with Crippen molar-refractivity contribution in [3.63, 3.8) is 0 Å². The van der Waals surface area contributed by atoms with Crippen LogP contribution in [-0.2, 0) is 20.9 Å². The molecule has 0 aliphatic rings. The Kier molecular flexibility index (Phi) is 19.2. The Balaban J connectivity index is 2.29. The highest BCUT2D eigenvalue weighted by Crippen LogP contribution is 2.12. The lowest BCUT2D eigenvalue weighted by molar-refractivity contribution is -0.126. The van der Waals surface area contributed by atoms with Gasteiger partial charge in [-0.3, -0.25) is 14.5 Å². The van der Waals surface area contributed by atoms with Gasteiger partial charge in [0.05, 0.1) is 6.54 Å². The van der Waals surface area contributed by atoms with Gasteiger partial charge in [-0.15, -0.1) is 4.99 Å². The molecule has 0 aromatic heterocycles. The molecule has 0 heterocycles. The Morgan fingerprint density at radius 2 is 1.55 bits per heavy atom. The molecule has 1 atom stereocenters. The fourth-order valence-electron chi connectivity index (χ4n) is 4.47. The maximum Gasteiger partial charge on any atom is 0.434 e. The van der Waals surface area contributed by atoms with Crippen LogP contribution in [0.15, 0.2) is 35.3 Å². The number of nitrogens with two attached hydrogens (primary N) is 1. The Morgan fingerprint density at radius 1 is 0.894 bits per heavy atom. The van der Waals surface area contributed by atoms with Gasteiger partial charge in [0, 0.05) is 38.6 Å². The molecule has 5 amide bonds. The van der Waals surface area contributed by atoms with Crippen LogP contribution in [0.1, 0.15) is 84.6 Å². The number of nitrogens with one attached hydrogen (secondary N) is 3. The summed E-state index contributed by atoms with van der Waals surface area (Å²) in [4.78, 5) is 65.0. The first-order valence-corrected chi connectivity index (χ1v) is 16.0. The number of hydrogen-bond acceptors (Lipinski definition) is 7. The van der Waals surface area contributed by atoms with Crippen molar-refractivity contribution < 1.29 is 38.9 Å². The number of hydrogen-bond donors (Lipinski definition) is 6. The third-order valence-corrected chi connectivity index (χ3v) is 6.80. The zero-order valence-electron chi connectivity index (χ0n) is 28.1. The highest BCUT2D eigenvalue weighted by Gasteiger charge is 2.25. The summed E-state index contributed by atoms with van der Waals surface area (Å²) in [7, 11) is 0. The van der Waals surface area contributed by atoms with E-state index in [-0.39, 0.29) is 37.4 Å². The summed E-state index contributed by atoms with van der Waals surface area (Å²) in [5.74, 6) is -0.973. The van der Waals surface area contributed by atoms with E-state index in [4.69, 9.17) is 20.7 Å². The lowest BCUT2D eigenvalue weighted by Crippen LogP contribution is -2.45. The van der Waals surface area contributed by atoms with Gasteiger partial charge in [-0.1, -0.05) is 43.2 Å². The number of unbranched alkanes of at least 4 members (excludes halogenated alkanes) is 4. The maximum atomic E-state index is 12.4. The van der Waals surface area contributed by atoms with Crippen molar-refractivity contribution in [3.05, 3.63) is 35.9 Å². The summed E-state index contributed by atoms with van der Waals surface area (Å²) >= 11 is 0. The van der Waals surface area contributed by atoms with E-state index in [2.05, 4.69) is 38.0 Å². The molecule has 47 heavy (non-hydrogen) atoms. The Labute approximate surface area is 277 Å². The number of rotatable bonds is 20. The minimum atomic E-state index is -1.52. The van der Waals surface area contributed by atoms with Crippen LogP contribution >= 0.6 is 0 Å². The number of nitrogens with zero attached hydrogens (tertiary/aromatic N) is 3. The monoisotopic (exact) mass is 663 g/mol. The summed E-state index contributed by atoms with van der Waals surface area (Å²) < 4.78 is 5.28. The summed E-state index contributed by atoms with van der Waals surface area (Å²) in [6.07, 6.45) is 1.56. The van der Waals surface area contributed by atoms with Crippen LogP contribution in [0.3, 0.4) is 0 Å². The molecule has 0 aliphatic carbocycles. The molecule has 0 unspecified atom stereocenters. The van der Waals surface area contributed by atoms with E-state index in [1.54, 1.807) is 20.8 Å². The molecule has 1 aromatic carbocycles. The largest absolute Gasteiger partial charge is 0.465 e. The molecule has 0 spiro atoms. The van der Waals surface area contributed by atoms with Crippen LogP contribution in [0.25, 0.3) is 0 Å². The molecule has 7 N–H and O–H groups in total. The SMILES string of the molecule is C[C@H](CCN(CCCCNC(=O)CNC(=O)CCCCCCN(C(=O)OC(C)(C)C)C(N)=NC(=O)O)Cc1ccccc1)NC(=O)O. The van der Waals surface area contributed by atoms with Crippen LogP contribution in [0.5, 0.6) is 0 Å². The van der Waals surface area contributed by atoms with Gasteiger partial charge in [-0.05, 0) is 71.9 Å². The van der Waals surface area contributed by atoms with Crippen LogP contribution in [-0.4, -0.2) is 100 Å². The van der Waals surface area contributed by atoms with Crippen molar-refractivity contribution in [1.82, 2.24) is 25.8 Å². The molecule has 0 bridgehead atoms. The molecule has 264 valence electrons. The first kappa shape index (κ1) is 40.6. The molecule has 1 aromatic rings. The molecular weight excluding hydrogens is 610 g/mol. The number of ether oxygens (including phenoxy) is 1. The highest BCUT2D eigenvalue weighted by atomic mass is 16.6. The van der Waals surface area contributed by atoms with Crippen LogP contribution < -0.4 is 21.7 Å². The molecule has 15 nitrogen and oxygen atoms in total. The fourth-order valence-corrected chi connectivity index (χ4v) is 4.47. The van der Waals surface area contributed by atoms with Crippen molar-refractivity contribution in [1.29, 1.82) is 0 Å². The van der Waals surface area contributed by atoms with Gasteiger partial charge in [-0.25, -0.2) is 19.3 Å². The normalized spacial score (nSPS) is 12.2. The van der Waals surface area contributed by atoms with E-state index in [9.17, 15) is 24.0 Å².